The van der Waals surface area contributed by atoms with E-state index >= 15 is 0 Å². The third-order valence-electron chi connectivity index (χ3n) is 1.17. The van der Waals surface area contributed by atoms with Gasteiger partial charge in [-0.05, 0) is 0 Å². The topological polar surface area (TPSA) is 102 Å². The molecule has 5 nitrogen and oxygen atoms in total. The van der Waals surface area contributed by atoms with Crippen molar-refractivity contribution in [3.05, 3.63) is 17.6 Å². The lowest BCUT2D eigenvalue weighted by molar-refractivity contribution is 0.911. The minimum absolute atomic E-state index is 0. The summed E-state index contributed by atoms with van der Waals surface area (Å²) in [7, 11) is 0. The Kier molecular flexibility index (Phi) is 7.14. The lowest BCUT2D eigenvalue weighted by Gasteiger charge is -1.97. The first kappa shape index (κ1) is 14.4. The highest BCUT2D eigenvalue weighted by atomic mass is 35.5. The Labute approximate surface area is 88.0 Å². The van der Waals surface area contributed by atoms with E-state index in [0.717, 1.165) is 0 Å². The first-order valence-electron chi connectivity index (χ1n) is 2.99. The summed E-state index contributed by atoms with van der Waals surface area (Å²) in [6, 6.07) is 1.86. The summed E-state index contributed by atoms with van der Waals surface area (Å²) < 4.78 is 0. The number of anilines is 1. The molecule has 72 valence electrons. The molecule has 0 fully saturated rings. The summed E-state index contributed by atoms with van der Waals surface area (Å²) in [4.78, 5) is 7.57. The number of rotatable bonds is 1. The maximum absolute atomic E-state index is 8.44. The molecule has 1 aromatic rings. The van der Waals surface area contributed by atoms with Crippen molar-refractivity contribution in [1.29, 1.82) is 5.26 Å². The van der Waals surface area contributed by atoms with Crippen molar-refractivity contribution in [2.24, 2.45) is 5.73 Å². The average Bonchev–Trinajstić information content (AvgIpc) is 2.04. The van der Waals surface area contributed by atoms with Gasteiger partial charge in [0.15, 0.2) is 0 Å². The number of hydrogen-bond acceptors (Lipinski definition) is 5. The first-order valence-corrected chi connectivity index (χ1v) is 2.99. The van der Waals surface area contributed by atoms with E-state index in [1.807, 2.05) is 6.07 Å². The quantitative estimate of drug-likeness (QED) is 0.708. The molecule has 4 N–H and O–H groups in total. The summed E-state index contributed by atoms with van der Waals surface area (Å²) in [6.45, 7) is 0.232. The van der Waals surface area contributed by atoms with Gasteiger partial charge in [-0.25, -0.2) is 9.97 Å². The fraction of sp³-hybridized carbons (Fsp3) is 0.167. The number of halogens is 2. The molecule has 13 heavy (non-hydrogen) atoms. The van der Waals surface area contributed by atoms with Gasteiger partial charge in [0.25, 0.3) is 0 Å². The van der Waals surface area contributed by atoms with E-state index < -0.39 is 0 Å². The van der Waals surface area contributed by atoms with E-state index in [0.29, 0.717) is 5.82 Å². The second-order valence-corrected chi connectivity index (χ2v) is 1.90. The second-order valence-electron chi connectivity index (χ2n) is 1.90. The summed E-state index contributed by atoms with van der Waals surface area (Å²) >= 11 is 0. The predicted octanol–water partition coefficient (Wildman–Crippen LogP) is 0.233. The van der Waals surface area contributed by atoms with Crippen molar-refractivity contribution in [2.75, 3.05) is 5.73 Å². The maximum atomic E-state index is 8.44. The standard InChI is InChI=1S/C6H7N5.2ClH/c7-1-4-3-10-5(2-8)11-6(4)9;;/h3H,2,8H2,(H2,9,10,11);2*1H. The molecule has 0 spiro atoms. The SMILES string of the molecule is Cl.Cl.N#Cc1cnc(CN)nc1N. The van der Waals surface area contributed by atoms with Crippen molar-refractivity contribution in [1.82, 2.24) is 9.97 Å². The maximum Gasteiger partial charge on any atom is 0.145 e. The van der Waals surface area contributed by atoms with Crippen LogP contribution in [0.15, 0.2) is 6.20 Å². The van der Waals surface area contributed by atoms with Gasteiger partial charge >= 0.3 is 0 Å². The number of hydrogen-bond donors (Lipinski definition) is 2. The van der Waals surface area contributed by atoms with Gasteiger partial charge in [0.05, 0.1) is 12.7 Å². The third kappa shape index (κ3) is 3.42. The molecule has 0 aromatic carbocycles. The number of nitrogens with two attached hydrogens (primary N) is 2. The lowest BCUT2D eigenvalue weighted by atomic mass is 10.3. The van der Waals surface area contributed by atoms with Gasteiger partial charge in [0, 0.05) is 0 Å². The van der Waals surface area contributed by atoms with Crippen LogP contribution < -0.4 is 11.5 Å². The molecule has 0 saturated carbocycles. The monoisotopic (exact) mass is 221 g/mol. The zero-order valence-electron chi connectivity index (χ0n) is 6.60. The molecule has 0 aliphatic heterocycles. The van der Waals surface area contributed by atoms with E-state index in [-0.39, 0.29) is 42.7 Å². The van der Waals surface area contributed by atoms with Crippen molar-refractivity contribution in [3.8, 4) is 6.07 Å². The van der Waals surface area contributed by atoms with Gasteiger partial charge in [-0.3, -0.25) is 0 Å². The van der Waals surface area contributed by atoms with Gasteiger partial charge in [-0.15, -0.1) is 24.8 Å². The van der Waals surface area contributed by atoms with Gasteiger partial charge in [-0.2, -0.15) is 5.26 Å². The summed E-state index contributed by atoms with van der Waals surface area (Å²) in [5.41, 5.74) is 10.9. The molecule has 0 atom stereocenters. The van der Waals surface area contributed by atoms with Crippen LogP contribution >= 0.6 is 24.8 Å². The number of nitriles is 1. The van der Waals surface area contributed by atoms with E-state index in [4.69, 9.17) is 16.7 Å². The van der Waals surface area contributed by atoms with Crippen LogP contribution in [0.2, 0.25) is 0 Å². The summed E-state index contributed by atoms with van der Waals surface area (Å²) in [5, 5.41) is 8.44. The largest absolute Gasteiger partial charge is 0.382 e. The molecular weight excluding hydrogens is 213 g/mol. The zero-order valence-corrected chi connectivity index (χ0v) is 8.23. The highest BCUT2D eigenvalue weighted by Crippen LogP contribution is 2.04. The van der Waals surface area contributed by atoms with Crippen molar-refractivity contribution >= 4 is 30.6 Å². The Hall–Kier alpha value is -1.09. The van der Waals surface area contributed by atoms with Crippen LogP contribution in [0.25, 0.3) is 0 Å². The van der Waals surface area contributed by atoms with Crippen molar-refractivity contribution in [2.45, 2.75) is 6.54 Å². The van der Waals surface area contributed by atoms with Crippen LogP contribution in [-0.4, -0.2) is 9.97 Å². The fourth-order valence-corrected chi connectivity index (χ4v) is 0.618. The molecule has 0 aliphatic rings. The summed E-state index contributed by atoms with van der Waals surface area (Å²) in [5.74, 6) is 0.629. The fourth-order valence-electron chi connectivity index (χ4n) is 0.618. The smallest absolute Gasteiger partial charge is 0.145 e. The van der Waals surface area contributed by atoms with E-state index in [1.165, 1.54) is 6.20 Å². The molecule has 0 saturated heterocycles. The molecule has 1 rings (SSSR count). The molecule has 1 heterocycles. The Morgan fingerprint density at radius 3 is 2.46 bits per heavy atom. The van der Waals surface area contributed by atoms with Crippen molar-refractivity contribution in [3.63, 3.8) is 0 Å². The van der Waals surface area contributed by atoms with Crippen LogP contribution in [0, 0.1) is 11.3 Å². The molecule has 0 bridgehead atoms. The molecule has 7 heteroatoms. The van der Waals surface area contributed by atoms with Crippen LogP contribution in [0.5, 0.6) is 0 Å². The highest BCUT2D eigenvalue weighted by Gasteiger charge is 2.00. The van der Waals surface area contributed by atoms with Gasteiger partial charge in [-0.1, -0.05) is 0 Å². The molecular formula is C6H9Cl2N5. The van der Waals surface area contributed by atoms with E-state index in [9.17, 15) is 0 Å². The summed E-state index contributed by atoms with van der Waals surface area (Å²) in [6.07, 6.45) is 1.37. The van der Waals surface area contributed by atoms with Gasteiger partial charge in [0.1, 0.15) is 23.3 Å². The van der Waals surface area contributed by atoms with Crippen molar-refractivity contribution < 1.29 is 0 Å². The second kappa shape index (κ2) is 6.43. The van der Waals surface area contributed by atoms with E-state index in [2.05, 4.69) is 9.97 Å². The molecule has 0 unspecified atom stereocenters. The minimum atomic E-state index is 0. The number of nitrogen functional groups attached to an aromatic ring is 1. The molecule has 1 aromatic heterocycles. The first-order chi connectivity index (χ1) is 5.27. The van der Waals surface area contributed by atoms with Crippen LogP contribution in [0.3, 0.4) is 0 Å². The Morgan fingerprint density at radius 2 is 2.08 bits per heavy atom. The van der Waals surface area contributed by atoms with Gasteiger partial charge < -0.3 is 11.5 Å². The van der Waals surface area contributed by atoms with Gasteiger partial charge in [0.2, 0.25) is 0 Å². The molecule has 0 radical (unpaired) electrons. The number of aromatic nitrogens is 2. The molecule has 0 aliphatic carbocycles. The molecule has 0 amide bonds. The van der Waals surface area contributed by atoms with Crippen LogP contribution in [0.1, 0.15) is 11.4 Å². The average molecular weight is 222 g/mol. The predicted molar refractivity (Wildman–Crippen MR) is 53.5 cm³/mol. The zero-order chi connectivity index (χ0) is 8.27. The third-order valence-corrected chi connectivity index (χ3v) is 1.17. The lowest BCUT2D eigenvalue weighted by Crippen LogP contribution is -2.06. The normalized spacial score (nSPS) is 7.69. The highest BCUT2D eigenvalue weighted by molar-refractivity contribution is 5.85. The van der Waals surface area contributed by atoms with E-state index in [1.54, 1.807) is 0 Å². The van der Waals surface area contributed by atoms with Crippen LogP contribution in [0.4, 0.5) is 5.82 Å². The Morgan fingerprint density at radius 1 is 1.46 bits per heavy atom. The Balaban J connectivity index is 0. The Bertz CT molecular complexity index is 308. The minimum Gasteiger partial charge on any atom is -0.382 e. The van der Waals surface area contributed by atoms with Crippen LogP contribution in [-0.2, 0) is 6.54 Å². The number of nitrogens with zero attached hydrogens (tertiary/aromatic N) is 3.